The van der Waals surface area contributed by atoms with Crippen molar-refractivity contribution in [3.63, 3.8) is 0 Å². The van der Waals surface area contributed by atoms with E-state index in [1.165, 1.54) is 14.2 Å². The molecule has 23 heavy (non-hydrogen) atoms. The molecule has 5 nitrogen and oxygen atoms in total. The van der Waals surface area contributed by atoms with E-state index in [4.69, 9.17) is 14.2 Å². The summed E-state index contributed by atoms with van der Waals surface area (Å²) in [5.74, 6) is 0.428. The van der Waals surface area contributed by atoms with Gasteiger partial charge in [-0.05, 0) is 6.07 Å². The smallest absolute Gasteiger partial charge is 0.310 e. The number of esters is 1. The monoisotopic (exact) mass is 312 g/mol. The van der Waals surface area contributed by atoms with Crippen molar-refractivity contribution < 1.29 is 23.8 Å². The summed E-state index contributed by atoms with van der Waals surface area (Å²) < 4.78 is 15.8. The van der Waals surface area contributed by atoms with Gasteiger partial charge in [-0.1, -0.05) is 24.3 Å². The first-order chi connectivity index (χ1) is 11.1. The third kappa shape index (κ3) is 2.77. The summed E-state index contributed by atoms with van der Waals surface area (Å²) in [5, 5.41) is 0. The molecule has 0 aliphatic carbocycles. The van der Waals surface area contributed by atoms with Crippen molar-refractivity contribution in [2.75, 3.05) is 14.2 Å². The minimum atomic E-state index is -0.398. The maximum absolute atomic E-state index is 12.8. The lowest BCUT2D eigenvalue weighted by Gasteiger charge is -2.13. The molecule has 0 fully saturated rings. The van der Waals surface area contributed by atoms with Crippen molar-refractivity contribution in [1.82, 2.24) is 0 Å². The first-order valence-corrected chi connectivity index (χ1v) is 7.17. The van der Waals surface area contributed by atoms with Gasteiger partial charge >= 0.3 is 5.97 Å². The predicted octanol–water partition coefficient (Wildman–Crippen LogP) is 2.53. The average molecular weight is 312 g/mol. The molecular formula is C18H16O5. The fourth-order valence-corrected chi connectivity index (χ4v) is 2.63. The molecular weight excluding hydrogens is 296 g/mol. The molecule has 1 aliphatic rings. The second-order valence-corrected chi connectivity index (χ2v) is 5.19. The molecule has 5 heteroatoms. The first-order valence-electron chi connectivity index (χ1n) is 7.17. The van der Waals surface area contributed by atoms with Crippen LogP contribution in [-0.2, 0) is 22.6 Å². The fraction of sp³-hybridized carbons (Fsp3) is 0.222. The highest BCUT2D eigenvalue weighted by Gasteiger charge is 2.24. The Labute approximate surface area is 133 Å². The molecule has 0 unspecified atom stereocenters. The van der Waals surface area contributed by atoms with Gasteiger partial charge in [-0.2, -0.15) is 0 Å². The van der Waals surface area contributed by atoms with Gasteiger partial charge in [0, 0.05) is 22.8 Å². The summed E-state index contributed by atoms with van der Waals surface area (Å²) in [5.41, 5.74) is 2.46. The van der Waals surface area contributed by atoms with Crippen molar-refractivity contribution in [3.8, 4) is 11.5 Å². The fourth-order valence-electron chi connectivity index (χ4n) is 2.63. The standard InChI is InChI=1S/C18H16O5/c1-21-15-9-16-14(7-12(15)8-17(19)22-2)18(20)13-6-4-3-5-11(13)10-23-16/h3-7,9H,8,10H2,1-2H3. The summed E-state index contributed by atoms with van der Waals surface area (Å²) in [6.45, 7) is 0.314. The molecule has 0 spiro atoms. The third-order valence-corrected chi connectivity index (χ3v) is 3.83. The molecule has 0 saturated carbocycles. The number of carbonyl (C=O) groups is 2. The van der Waals surface area contributed by atoms with E-state index >= 15 is 0 Å². The van der Waals surface area contributed by atoms with Crippen LogP contribution in [0.5, 0.6) is 11.5 Å². The second kappa shape index (κ2) is 6.12. The average Bonchev–Trinajstić information content (AvgIpc) is 2.72. The lowest BCUT2D eigenvalue weighted by molar-refractivity contribution is -0.139. The molecule has 0 aromatic heterocycles. The Balaban J connectivity index is 2.10. The van der Waals surface area contributed by atoms with Gasteiger partial charge in [0.25, 0.3) is 0 Å². The minimum absolute atomic E-state index is 0.0296. The van der Waals surface area contributed by atoms with Crippen molar-refractivity contribution in [1.29, 1.82) is 0 Å². The number of fused-ring (bicyclic) bond motifs is 2. The Hall–Kier alpha value is -2.82. The van der Waals surface area contributed by atoms with Crippen molar-refractivity contribution in [2.45, 2.75) is 13.0 Å². The van der Waals surface area contributed by atoms with Gasteiger partial charge in [-0.3, -0.25) is 9.59 Å². The molecule has 0 atom stereocenters. The number of methoxy groups -OCH3 is 2. The molecule has 1 heterocycles. The van der Waals surface area contributed by atoms with E-state index in [0.29, 0.717) is 34.8 Å². The number of rotatable bonds is 3. The SMILES string of the molecule is COC(=O)Cc1cc2c(cc1OC)OCc1ccccc1C2=O. The van der Waals surface area contributed by atoms with Crippen LogP contribution in [0.3, 0.4) is 0 Å². The Kier molecular flexibility index (Phi) is 4.02. The minimum Gasteiger partial charge on any atom is -0.496 e. The van der Waals surface area contributed by atoms with Crippen LogP contribution in [0.4, 0.5) is 0 Å². The van der Waals surface area contributed by atoms with Gasteiger partial charge in [0.1, 0.15) is 18.1 Å². The lowest BCUT2D eigenvalue weighted by atomic mass is 9.97. The van der Waals surface area contributed by atoms with Crippen LogP contribution < -0.4 is 9.47 Å². The molecule has 0 amide bonds. The van der Waals surface area contributed by atoms with E-state index in [0.717, 1.165) is 5.56 Å². The highest BCUT2D eigenvalue weighted by Crippen LogP contribution is 2.34. The molecule has 1 aliphatic heterocycles. The van der Waals surface area contributed by atoms with Crippen LogP contribution in [0, 0.1) is 0 Å². The Morgan fingerprint density at radius 2 is 1.96 bits per heavy atom. The zero-order valence-corrected chi connectivity index (χ0v) is 12.9. The summed E-state index contributed by atoms with van der Waals surface area (Å²) in [4.78, 5) is 24.4. The first kappa shape index (κ1) is 15.1. The second-order valence-electron chi connectivity index (χ2n) is 5.19. The molecule has 2 aromatic carbocycles. The molecule has 118 valence electrons. The van der Waals surface area contributed by atoms with Crippen molar-refractivity contribution in [2.24, 2.45) is 0 Å². The highest BCUT2D eigenvalue weighted by molar-refractivity contribution is 6.12. The van der Waals surface area contributed by atoms with Gasteiger partial charge in [0.2, 0.25) is 0 Å². The zero-order valence-electron chi connectivity index (χ0n) is 12.9. The number of hydrogen-bond acceptors (Lipinski definition) is 5. The molecule has 0 N–H and O–H groups in total. The van der Waals surface area contributed by atoms with Crippen LogP contribution in [0.2, 0.25) is 0 Å². The molecule has 0 bridgehead atoms. The quantitative estimate of drug-likeness (QED) is 0.815. The van der Waals surface area contributed by atoms with Crippen molar-refractivity contribution in [3.05, 3.63) is 58.7 Å². The van der Waals surface area contributed by atoms with Crippen LogP contribution in [0.25, 0.3) is 0 Å². The van der Waals surface area contributed by atoms with Crippen LogP contribution in [-0.4, -0.2) is 26.0 Å². The maximum atomic E-state index is 12.8. The van der Waals surface area contributed by atoms with Gasteiger partial charge in [0.15, 0.2) is 5.78 Å². The number of benzene rings is 2. The summed E-state index contributed by atoms with van der Waals surface area (Å²) in [6.07, 6.45) is 0.0296. The van der Waals surface area contributed by atoms with Crippen molar-refractivity contribution >= 4 is 11.8 Å². The maximum Gasteiger partial charge on any atom is 0.310 e. The van der Waals surface area contributed by atoms with Gasteiger partial charge in [0.05, 0.1) is 26.2 Å². The van der Waals surface area contributed by atoms with E-state index in [-0.39, 0.29) is 12.2 Å². The van der Waals surface area contributed by atoms with E-state index < -0.39 is 5.97 Å². The number of ketones is 1. The van der Waals surface area contributed by atoms with Crippen LogP contribution in [0.1, 0.15) is 27.0 Å². The molecule has 0 saturated heterocycles. The summed E-state index contributed by atoms with van der Waals surface area (Å²) in [6, 6.07) is 10.6. The number of hydrogen-bond donors (Lipinski definition) is 0. The molecule has 2 aromatic rings. The Morgan fingerprint density at radius 1 is 1.17 bits per heavy atom. The summed E-state index contributed by atoms with van der Waals surface area (Å²) in [7, 11) is 2.83. The van der Waals surface area contributed by atoms with E-state index in [2.05, 4.69) is 0 Å². The summed E-state index contributed by atoms with van der Waals surface area (Å²) >= 11 is 0. The van der Waals surface area contributed by atoms with Gasteiger partial charge in [-0.15, -0.1) is 0 Å². The predicted molar refractivity (Wildman–Crippen MR) is 82.9 cm³/mol. The van der Waals surface area contributed by atoms with Crippen LogP contribution in [0.15, 0.2) is 36.4 Å². The Bertz CT molecular complexity index is 779. The van der Waals surface area contributed by atoms with E-state index in [9.17, 15) is 9.59 Å². The topological polar surface area (TPSA) is 61.8 Å². The van der Waals surface area contributed by atoms with E-state index in [1.54, 1.807) is 18.2 Å². The third-order valence-electron chi connectivity index (χ3n) is 3.83. The Morgan fingerprint density at radius 3 is 2.70 bits per heavy atom. The largest absolute Gasteiger partial charge is 0.496 e. The van der Waals surface area contributed by atoms with E-state index in [1.807, 2.05) is 18.2 Å². The highest BCUT2D eigenvalue weighted by atomic mass is 16.5. The number of carbonyl (C=O) groups excluding carboxylic acids is 2. The van der Waals surface area contributed by atoms with Gasteiger partial charge in [-0.25, -0.2) is 0 Å². The number of ether oxygens (including phenoxy) is 3. The molecule has 3 rings (SSSR count). The van der Waals surface area contributed by atoms with Crippen LogP contribution >= 0.6 is 0 Å². The normalized spacial score (nSPS) is 12.5. The molecule has 0 radical (unpaired) electrons. The van der Waals surface area contributed by atoms with Gasteiger partial charge < -0.3 is 14.2 Å². The lowest BCUT2D eigenvalue weighted by Crippen LogP contribution is -2.09. The zero-order chi connectivity index (χ0) is 16.4.